The van der Waals surface area contributed by atoms with Crippen LogP contribution in [-0.2, 0) is 11.3 Å². The van der Waals surface area contributed by atoms with E-state index in [9.17, 15) is 0 Å². The summed E-state index contributed by atoms with van der Waals surface area (Å²) in [6, 6.07) is 9.18. The number of hydrogen-bond donors (Lipinski definition) is 0. The molecule has 23 heavy (non-hydrogen) atoms. The van der Waals surface area contributed by atoms with Crippen molar-refractivity contribution in [1.82, 2.24) is 4.98 Å². The van der Waals surface area contributed by atoms with Gasteiger partial charge in [-0.05, 0) is 31.2 Å². The van der Waals surface area contributed by atoms with Gasteiger partial charge in [-0.2, -0.15) is 5.26 Å². The molecule has 0 saturated heterocycles. The van der Waals surface area contributed by atoms with Gasteiger partial charge in [0, 0.05) is 37.4 Å². The molecule has 116 valence electrons. The van der Waals surface area contributed by atoms with Crippen LogP contribution >= 0.6 is 0 Å². The van der Waals surface area contributed by atoms with Crippen LogP contribution in [0.5, 0.6) is 5.75 Å². The lowest BCUT2D eigenvalue weighted by Crippen LogP contribution is -2.36. The first-order valence-electron chi connectivity index (χ1n) is 7.34. The fourth-order valence-electron chi connectivity index (χ4n) is 2.34. The Morgan fingerprint density at radius 2 is 2.04 bits per heavy atom. The number of ether oxygens (including phenoxy) is 2. The Hall–Kier alpha value is -2.71. The molecule has 0 aliphatic carbocycles. The van der Waals surface area contributed by atoms with Gasteiger partial charge >= 0.3 is 0 Å². The van der Waals surface area contributed by atoms with Crippen molar-refractivity contribution in [1.29, 1.82) is 5.26 Å². The number of nitrogens with zero attached hydrogens (tertiary/aromatic N) is 3. The van der Waals surface area contributed by atoms with Crippen LogP contribution in [-0.4, -0.2) is 17.0 Å². The second kappa shape index (κ2) is 5.82. The number of nitriles is 1. The molecule has 0 radical (unpaired) electrons. The second-order valence-electron chi connectivity index (χ2n) is 5.81. The van der Waals surface area contributed by atoms with Crippen LogP contribution in [0.25, 0.3) is 0 Å². The average molecular weight is 307 g/mol. The van der Waals surface area contributed by atoms with Gasteiger partial charge in [0.15, 0.2) is 5.75 Å². The van der Waals surface area contributed by atoms with Crippen LogP contribution in [0.4, 0.5) is 5.69 Å². The highest BCUT2D eigenvalue weighted by molar-refractivity contribution is 5.84. The van der Waals surface area contributed by atoms with Gasteiger partial charge in [-0.3, -0.25) is 9.98 Å². The SMILES string of the molecule is Cc1ncc(/C=N/c2ccc(C#N)cc2)c2c1OC(C)(C)OC2. The lowest BCUT2D eigenvalue weighted by Gasteiger charge is -2.33. The van der Waals surface area contributed by atoms with E-state index in [1.807, 2.05) is 20.8 Å². The lowest BCUT2D eigenvalue weighted by atomic mass is 10.1. The van der Waals surface area contributed by atoms with Crippen molar-refractivity contribution in [3.05, 3.63) is 52.8 Å². The van der Waals surface area contributed by atoms with E-state index in [2.05, 4.69) is 16.0 Å². The molecular weight excluding hydrogens is 290 g/mol. The first kappa shape index (κ1) is 15.2. The topological polar surface area (TPSA) is 67.5 Å². The molecule has 0 fully saturated rings. The molecule has 0 amide bonds. The van der Waals surface area contributed by atoms with E-state index in [1.54, 1.807) is 36.7 Å². The Bertz CT molecular complexity index is 802. The zero-order valence-corrected chi connectivity index (χ0v) is 13.3. The molecule has 1 aliphatic heterocycles. The van der Waals surface area contributed by atoms with E-state index in [0.717, 1.165) is 28.3 Å². The third-order valence-corrected chi connectivity index (χ3v) is 3.61. The predicted octanol–water partition coefficient (Wildman–Crippen LogP) is 3.66. The molecule has 5 nitrogen and oxygen atoms in total. The Kier molecular flexibility index (Phi) is 3.85. The Morgan fingerprint density at radius 1 is 1.30 bits per heavy atom. The van der Waals surface area contributed by atoms with Crippen molar-refractivity contribution >= 4 is 11.9 Å². The van der Waals surface area contributed by atoms with Crippen LogP contribution in [0.1, 0.15) is 36.2 Å². The molecule has 2 aromatic rings. The number of rotatable bonds is 2. The normalized spacial score (nSPS) is 15.7. The summed E-state index contributed by atoms with van der Waals surface area (Å²) in [7, 11) is 0. The van der Waals surface area contributed by atoms with Gasteiger partial charge in [0.1, 0.15) is 0 Å². The minimum atomic E-state index is -0.650. The average Bonchev–Trinajstić information content (AvgIpc) is 2.54. The molecule has 0 spiro atoms. The molecule has 2 heterocycles. The van der Waals surface area contributed by atoms with Crippen LogP contribution in [0.2, 0.25) is 0 Å². The van der Waals surface area contributed by atoms with E-state index in [1.165, 1.54) is 0 Å². The van der Waals surface area contributed by atoms with E-state index in [4.69, 9.17) is 14.7 Å². The van der Waals surface area contributed by atoms with E-state index < -0.39 is 5.79 Å². The maximum atomic E-state index is 8.81. The fourth-order valence-corrected chi connectivity index (χ4v) is 2.34. The largest absolute Gasteiger partial charge is 0.461 e. The number of aryl methyl sites for hydroxylation is 1. The molecular formula is C18H17N3O2. The van der Waals surface area contributed by atoms with E-state index in [0.29, 0.717) is 12.2 Å². The van der Waals surface area contributed by atoms with Crippen LogP contribution in [0.3, 0.4) is 0 Å². The molecule has 1 aromatic heterocycles. The number of fused-ring (bicyclic) bond motifs is 1. The highest BCUT2D eigenvalue weighted by Gasteiger charge is 2.30. The minimum absolute atomic E-state index is 0.459. The summed E-state index contributed by atoms with van der Waals surface area (Å²) in [6.07, 6.45) is 3.52. The first-order chi connectivity index (χ1) is 11.0. The Balaban J connectivity index is 1.92. The molecule has 0 atom stereocenters. The van der Waals surface area contributed by atoms with Crippen LogP contribution < -0.4 is 4.74 Å². The predicted molar refractivity (Wildman–Crippen MR) is 86.9 cm³/mol. The van der Waals surface area contributed by atoms with Gasteiger partial charge in [-0.1, -0.05) is 0 Å². The lowest BCUT2D eigenvalue weighted by molar-refractivity contribution is -0.180. The summed E-state index contributed by atoms with van der Waals surface area (Å²) >= 11 is 0. The number of aliphatic imine (C=N–C) groups is 1. The summed E-state index contributed by atoms with van der Waals surface area (Å²) < 4.78 is 11.6. The molecule has 0 bridgehead atoms. The highest BCUT2D eigenvalue weighted by Crippen LogP contribution is 2.34. The summed E-state index contributed by atoms with van der Waals surface area (Å²) in [4.78, 5) is 8.82. The van der Waals surface area contributed by atoms with Gasteiger partial charge in [-0.25, -0.2) is 0 Å². The summed E-state index contributed by atoms with van der Waals surface area (Å²) in [5.74, 6) is 0.118. The quantitative estimate of drug-likeness (QED) is 0.794. The van der Waals surface area contributed by atoms with Gasteiger partial charge in [0.25, 0.3) is 0 Å². The molecule has 5 heteroatoms. The molecule has 0 unspecified atom stereocenters. The molecule has 1 aliphatic rings. The number of pyridine rings is 1. The van der Waals surface area contributed by atoms with Crippen LogP contribution in [0.15, 0.2) is 35.5 Å². The standard InChI is InChI=1S/C18H17N3O2/c1-12-17-16(11-22-18(2,3)23-17)14(9-20-12)10-21-15-6-4-13(8-19)5-7-15/h4-7,9-10H,11H2,1-3H3/b21-10+. The van der Waals surface area contributed by atoms with Crippen molar-refractivity contribution in [2.45, 2.75) is 33.2 Å². The summed E-state index contributed by atoms with van der Waals surface area (Å²) in [5.41, 5.74) is 4.05. The number of aromatic nitrogens is 1. The molecule has 0 saturated carbocycles. The zero-order chi connectivity index (χ0) is 16.4. The fraction of sp³-hybridized carbons (Fsp3) is 0.278. The third kappa shape index (κ3) is 3.22. The van der Waals surface area contributed by atoms with Gasteiger partial charge in [0.2, 0.25) is 5.79 Å². The van der Waals surface area contributed by atoms with Crippen LogP contribution in [0, 0.1) is 18.3 Å². The summed E-state index contributed by atoms with van der Waals surface area (Å²) in [5, 5.41) is 8.81. The van der Waals surface area contributed by atoms with Crippen molar-refractivity contribution in [3.63, 3.8) is 0 Å². The van der Waals surface area contributed by atoms with Gasteiger partial charge < -0.3 is 9.47 Å². The van der Waals surface area contributed by atoms with Gasteiger partial charge in [0.05, 0.1) is 29.6 Å². The van der Waals surface area contributed by atoms with Crippen molar-refractivity contribution in [3.8, 4) is 11.8 Å². The molecule has 3 rings (SSSR count). The van der Waals surface area contributed by atoms with Crippen molar-refractivity contribution in [2.24, 2.45) is 4.99 Å². The smallest absolute Gasteiger partial charge is 0.205 e. The molecule has 1 aromatic carbocycles. The van der Waals surface area contributed by atoms with Crippen molar-refractivity contribution in [2.75, 3.05) is 0 Å². The summed E-state index contributed by atoms with van der Waals surface area (Å²) in [6.45, 7) is 6.14. The third-order valence-electron chi connectivity index (χ3n) is 3.61. The first-order valence-corrected chi connectivity index (χ1v) is 7.34. The second-order valence-corrected chi connectivity index (χ2v) is 5.81. The Labute approximate surface area is 135 Å². The maximum absolute atomic E-state index is 8.81. The highest BCUT2D eigenvalue weighted by atomic mass is 16.7. The minimum Gasteiger partial charge on any atom is -0.461 e. The van der Waals surface area contributed by atoms with Gasteiger partial charge in [-0.15, -0.1) is 0 Å². The number of hydrogen-bond acceptors (Lipinski definition) is 5. The van der Waals surface area contributed by atoms with E-state index >= 15 is 0 Å². The molecule has 0 N–H and O–H groups in total. The number of benzene rings is 1. The maximum Gasteiger partial charge on any atom is 0.205 e. The monoisotopic (exact) mass is 307 g/mol. The van der Waals surface area contributed by atoms with E-state index in [-0.39, 0.29) is 0 Å². The zero-order valence-electron chi connectivity index (χ0n) is 13.3. The van der Waals surface area contributed by atoms with Crippen molar-refractivity contribution < 1.29 is 9.47 Å². The Morgan fingerprint density at radius 3 is 2.74 bits per heavy atom.